The molecule has 2 aromatic heterocycles. The molecular formula is C25H26N6O2S. The van der Waals surface area contributed by atoms with Crippen LogP contribution in [0.25, 0.3) is 5.69 Å². The number of amides is 1. The lowest BCUT2D eigenvalue weighted by atomic mass is 10.2. The molecule has 1 N–H and O–H groups in total. The fourth-order valence-corrected chi connectivity index (χ4v) is 4.44. The van der Waals surface area contributed by atoms with Gasteiger partial charge in [0.05, 0.1) is 18.5 Å². The molecule has 0 aliphatic rings. The van der Waals surface area contributed by atoms with Gasteiger partial charge in [0.2, 0.25) is 0 Å². The zero-order valence-electron chi connectivity index (χ0n) is 19.6. The van der Waals surface area contributed by atoms with Gasteiger partial charge in [-0.05, 0) is 45.0 Å². The molecule has 4 rings (SSSR count). The van der Waals surface area contributed by atoms with Crippen molar-refractivity contribution in [1.82, 2.24) is 30.3 Å². The molecule has 0 fully saturated rings. The van der Waals surface area contributed by atoms with Crippen molar-refractivity contribution in [2.45, 2.75) is 38.2 Å². The molecule has 2 aromatic carbocycles. The minimum absolute atomic E-state index is 0.271. The predicted octanol–water partition coefficient (Wildman–Crippen LogP) is 4.21. The number of aryl methyl sites for hydroxylation is 3. The van der Waals surface area contributed by atoms with Gasteiger partial charge in [-0.1, -0.05) is 52.9 Å². The number of hydrogen-bond donors (Lipinski definition) is 1. The van der Waals surface area contributed by atoms with Crippen LogP contribution in [0.5, 0.6) is 5.75 Å². The SMILES string of the molecule is COc1ccccc1CNC(=O)c1nnn(-c2ccc(C)cc2)c1CSc1nc(C)cc(C)n1. The molecule has 0 radical (unpaired) electrons. The van der Waals surface area contributed by atoms with Crippen molar-refractivity contribution in [2.24, 2.45) is 0 Å². The fraction of sp³-hybridized carbons (Fsp3) is 0.240. The number of carbonyl (C=O) groups excluding carboxylic acids is 1. The highest BCUT2D eigenvalue weighted by Gasteiger charge is 2.21. The number of para-hydroxylation sites is 1. The molecule has 0 spiro atoms. The number of thioether (sulfide) groups is 1. The van der Waals surface area contributed by atoms with Gasteiger partial charge in [-0.15, -0.1) is 5.10 Å². The van der Waals surface area contributed by atoms with Gasteiger partial charge >= 0.3 is 0 Å². The molecule has 0 saturated heterocycles. The van der Waals surface area contributed by atoms with E-state index >= 15 is 0 Å². The van der Waals surface area contributed by atoms with Crippen molar-refractivity contribution in [1.29, 1.82) is 0 Å². The van der Waals surface area contributed by atoms with E-state index in [0.717, 1.165) is 28.2 Å². The quantitative estimate of drug-likeness (QED) is 0.302. The number of nitrogens with zero attached hydrogens (tertiary/aromatic N) is 5. The highest BCUT2D eigenvalue weighted by molar-refractivity contribution is 7.98. The van der Waals surface area contributed by atoms with E-state index in [-0.39, 0.29) is 11.6 Å². The van der Waals surface area contributed by atoms with E-state index in [1.807, 2.05) is 75.4 Å². The summed E-state index contributed by atoms with van der Waals surface area (Å²) in [5.74, 6) is 0.844. The first-order valence-electron chi connectivity index (χ1n) is 10.8. The van der Waals surface area contributed by atoms with Gasteiger partial charge in [0.25, 0.3) is 5.91 Å². The highest BCUT2D eigenvalue weighted by atomic mass is 32.2. The van der Waals surface area contributed by atoms with Gasteiger partial charge in [-0.3, -0.25) is 4.79 Å². The van der Waals surface area contributed by atoms with Crippen LogP contribution in [0, 0.1) is 20.8 Å². The van der Waals surface area contributed by atoms with E-state index in [1.165, 1.54) is 11.8 Å². The molecule has 2 heterocycles. The number of aromatic nitrogens is 5. The van der Waals surface area contributed by atoms with E-state index in [2.05, 4.69) is 25.6 Å². The lowest BCUT2D eigenvalue weighted by molar-refractivity contribution is 0.0945. The van der Waals surface area contributed by atoms with Crippen molar-refractivity contribution in [3.8, 4) is 11.4 Å². The number of ether oxygens (including phenoxy) is 1. The third kappa shape index (κ3) is 5.43. The maximum absolute atomic E-state index is 13.1. The Hall–Kier alpha value is -3.72. The van der Waals surface area contributed by atoms with Crippen molar-refractivity contribution in [2.75, 3.05) is 7.11 Å². The molecule has 34 heavy (non-hydrogen) atoms. The maximum Gasteiger partial charge on any atom is 0.274 e. The summed E-state index contributed by atoms with van der Waals surface area (Å²) in [4.78, 5) is 22.2. The van der Waals surface area contributed by atoms with Crippen LogP contribution in [-0.4, -0.2) is 38.0 Å². The Bertz CT molecular complexity index is 1280. The zero-order chi connectivity index (χ0) is 24.1. The van der Waals surface area contributed by atoms with Crippen LogP contribution < -0.4 is 10.1 Å². The summed E-state index contributed by atoms with van der Waals surface area (Å²) < 4.78 is 7.09. The minimum Gasteiger partial charge on any atom is -0.496 e. The van der Waals surface area contributed by atoms with Gasteiger partial charge in [0.15, 0.2) is 10.9 Å². The Morgan fingerprint density at radius 2 is 1.74 bits per heavy atom. The van der Waals surface area contributed by atoms with E-state index in [0.29, 0.717) is 28.9 Å². The summed E-state index contributed by atoms with van der Waals surface area (Å²) >= 11 is 1.45. The Morgan fingerprint density at radius 1 is 1.03 bits per heavy atom. The Balaban J connectivity index is 1.61. The Morgan fingerprint density at radius 3 is 2.44 bits per heavy atom. The van der Waals surface area contributed by atoms with E-state index < -0.39 is 0 Å². The van der Waals surface area contributed by atoms with Gasteiger partial charge in [0.1, 0.15) is 5.75 Å². The zero-order valence-corrected chi connectivity index (χ0v) is 20.4. The first-order chi connectivity index (χ1) is 16.4. The first-order valence-corrected chi connectivity index (χ1v) is 11.8. The molecule has 0 saturated carbocycles. The van der Waals surface area contributed by atoms with Crippen LogP contribution in [0.1, 0.15) is 38.7 Å². The second-order valence-corrected chi connectivity index (χ2v) is 8.79. The van der Waals surface area contributed by atoms with Gasteiger partial charge < -0.3 is 10.1 Å². The number of hydrogen-bond acceptors (Lipinski definition) is 7. The van der Waals surface area contributed by atoms with E-state index in [9.17, 15) is 4.79 Å². The fourth-order valence-electron chi connectivity index (χ4n) is 3.50. The molecule has 0 aliphatic carbocycles. The first kappa shape index (κ1) is 23.4. The Labute approximate surface area is 202 Å². The molecule has 4 aromatic rings. The van der Waals surface area contributed by atoms with E-state index in [4.69, 9.17) is 4.74 Å². The van der Waals surface area contributed by atoms with Gasteiger partial charge in [-0.25, -0.2) is 14.6 Å². The minimum atomic E-state index is -0.304. The van der Waals surface area contributed by atoms with Crippen LogP contribution in [-0.2, 0) is 12.3 Å². The molecule has 174 valence electrons. The number of benzene rings is 2. The average molecular weight is 475 g/mol. The molecule has 0 unspecified atom stereocenters. The summed E-state index contributed by atoms with van der Waals surface area (Å²) in [6.07, 6.45) is 0. The summed E-state index contributed by atoms with van der Waals surface area (Å²) in [7, 11) is 1.61. The molecule has 1 amide bonds. The molecular weight excluding hydrogens is 448 g/mol. The van der Waals surface area contributed by atoms with Crippen LogP contribution in [0.4, 0.5) is 0 Å². The van der Waals surface area contributed by atoms with Crippen molar-refractivity contribution in [3.05, 3.63) is 88.5 Å². The summed E-state index contributed by atoms with van der Waals surface area (Å²) in [5, 5.41) is 12.1. The summed E-state index contributed by atoms with van der Waals surface area (Å²) in [6.45, 7) is 6.21. The third-order valence-corrected chi connectivity index (χ3v) is 6.05. The molecule has 0 aliphatic heterocycles. The van der Waals surface area contributed by atoms with Crippen LogP contribution in [0.2, 0.25) is 0 Å². The van der Waals surface area contributed by atoms with Crippen LogP contribution >= 0.6 is 11.8 Å². The van der Waals surface area contributed by atoms with Crippen molar-refractivity contribution >= 4 is 17.7 Å². The number of methoxy groups -OCH3 is 1. The van der Waals surface area contributed by atoms with Crippen molar-refractivity contribution in [3.63, 3.8) is 0 Å². The van der Waals surface area contributed by atoms with Crippen molar-refractivity contribution < 1.29 is 9.53 Å². The summed E-state index contributed by atoms with van der Waals surface area (Å²) in [6, 6.07) is 17.4. The largest absolute Gasteiger partial charge is 0.496 e. The maximum atomic E-state index is 13.1. The standard InChI is InChI=1S/C25H26N6O2S/c1-16-9-11-20(12-10-16)31-21(15-34-25-27-17(2)13-18(3)28-25)23(29-30-31)24(32)26-14-19-7-5-6-8-22(19)33-4/h5-13H,14-15H2,1-4H3,(H,26,32). The second kappa shape index (κ2) is 10.5. The van der Waals surface area contributed by atoms with Gasteiger partial charge in [-0.2, -0.15) is 0 Å². The molecule has 9 heteroatoms. The molecule has 0 atom stereocenters. The monoisotopic (exact) mass is 474 g/mol. The highest BCUT2D eigenvalue weighted by Crippen LogP contribution is 2.24. The number of carbonyl (C=O) groups is 1. The normalized spacial score (nSPS) is 10.8. The topological polar surface area (TPSA) is 94.8 Å². The van der Waals surface area contributed by atoms with E-state index in [1.54, 1.807) is 11.8 Å². The number of rotatable bonds is 8. The van der Waals surface area contributed by atoms with Crippen LogP contribution in [0.15, 0.2) is 59.8 Å². The second-order valence-electron chi connectivity index (χ2n) is 7.85. The summed E-state index contributed by atoms with van der Waals surface area (Å²) in [5.41, 5.74) is 5.59. The molecule has 8 nitrogen and oxygen atoms in total. The Kier molecular flexibility index (Phi) is 7.22. The lowest BCUT2D eigenvalue weighted by Gasteiger charge is -2.10. The average Bonchev–Trinajstić information content (AvgIpc) is 3.25. The van der Waals surface area contributed by atoms with Crippen LogP contribution in [0.3, 0.4) is 0 Å². The smallest absolute Gasteiger partial charge is 0.274 e. The van der Waals surface area contributed by atoms with Gasteiger partial charge in [0, 0.05) is 29.2 Å². The lowest BCUT2D eigenvalue weighted by Crippen LogP contribution is -2.24. The number of nitrogens with one attached hydrogen (secondary N) is 1. The third-order valence-electron chi connectivity index (χ3n) is 5.19. The predicted molar refractivity (Wildman–Crippen MR) is 131 cm³/mol. The molecule has 0 bridgehead atoms.